The van der Waals surface area contributed by atoms with E-state index >= 15 is 0 Å². The van der Waals surface area contributed by atoms with Gasteiger partial charge in [-0.1, -0.05) is 58.1 Å². The van der Waals surface area contributed by atoms with E-state index < -0.39 is 5.97 Å². The fraction of sp³-hybridized carbons (Fsp3) is 0.393. The van der Waals surface area contributed by atoms with Crippen LogP contribution in [0.2, 0.25) is 0 Å². The number of carbonyl (C=O) groups is 1. The number of ether oxygens (including phenoxy) is 2. The van der Waals surface area contributed by atoms with Crippen molar-refractivity contribution in [2.24, 2.45) is 0 Å². The zero-order chi connectivity index (χ0) is 23.3. The van der Waals surface area contributed by atoms with Gasteiger partial charge in [-0.15, -0.1) is 0 Å². The highest BCUT2D eigenvalue weighted by molar-refractivity contribution is 5.88. The highest BCUT2D eigenvalue weighted by Gasteiger charge is 2.12. The van der Waals surface area contributed by atoms with Crippen molar-refractivity contribution in [1.82, 2.24) is 9.97 Å². The highest BCUT2D eigenvalue weighted by Crippen LogP contribution is 2.21. The van der Waals surface area contributed by atoms with Crippen LogP contribution in [0.4, 0.5) is 0 Å². The predicted molar refractivity (Wildman–Crippen MR) is 132 cm³/mol. The zero-order valence-electron chi connectivity index (χ0n) is 19.8. The van der Waals surface area contributed by atoms with Crippen LogP contribution in [0.25, 0.3) is 11.3 Å². The Bertz CT molecular complexity index is 968. The van der Waals surface area contributed by atoms with Crippen LogP contribution in [-0.2, 0) is 6.42 Å². The van der Waals surface area contributed by atoms with E-state index in [0.29, 0.717) is 11.4 Å². The second-order valence-corrected chi connectivity index (χ2v) is 8.21. The number of hydrogen-bond acceptors (Lipinski definition) is 5. The highest BCUT2D eigenvalue weighted by atomic mass is 16.5. The smallest absolute Gasteiger partial charge is 0.363 e. The number of benzene rings is 2. The van der Waals surface area contributed by atoms with Gasteiger partial charge in [-0.2, -0.15) is 0 Å². The number of aryl methyl sites for hydroxylation is 1. The maximum Gasteiger partial charge on any atom is 0.363 e. The van der Waals surface area contributed by atoms with E-state index in [-0.39, 0.29) is 5.69 Å². The number of unbranched alkanes of at least 4 members (excludes halogenated alkanes) is 5. The normalized spacial score (nSPS) is 10.7. The van der Waals surface area contributed by atoms with Crippen molar-refractivity contribution in [3.8, 4) is 22.8 Å². The third-order valence-corrected chi connectivity index (χ3v) is 5.48. The number of nitrogens with zero attached hydrogens (tertiary/aromatic N) is 2. The van der Waals surface area contributed by atoms with Gasteiger partial charge in [0.05, 0.1) is 24.7 Å². The summed E-state index contributed by atoms with van der Waals surface area (Å²) < 4.78 is 11.2. The number of hydrogen-bond donors (Lipinski definition) is 0. The molecular weight excluding hydrogens is 412 g/mol. The molecule has 174 valence electrons. The molecule has 2 aromatic carbocycles. The van der Waals surface area contributed by atoms with E-state index in [4.69, 9.17) is 9.47 Å². The summed E-state index contributed by atoms with van der Waals surface area (Å²) in [6.45, 7) is 5.11. The molecule has 1 heterocycles. The van der Waals surface area contributed by atoms with Crippen LogP contribution in [0, 0.1) is 0 Å². The quantitative estimate of drug-likeness (QED) is 0.160. The van der Waals surface area contributed by atoms with Gasteiger partial charge in [0, 0.05) is 5.56 Å². The van der Waals surface area contributed by atoms with Gasteiger partial charge in [0.2, 0.25) is 0 Å². The van der Waals surface area contributed by atoms with Gasteiger partial charge >= 0.3 is 5.97 Å². The Balaban J connectivity index is 1.51. The second-order valence-electron chi connectivity index (χ2n) is 8.21. The summed E-state index contributed by atoms with van der Waals surface area (Å²) in [5.74, 6) is 0.841. The lowest BCUT2D eigenvalue weighted by Gasteiger charge is -2.07. The molecule has 3 aromatic rings. The fourth-order valence-corrected chi connectivity index (χ4v) is 3.49. The number of rotatable bonds is 13. The van der Waals surface area contributed by atoms with E-state index in [1.165, 1.54) is 50.3 Å². The van der Waals surface area contributed by atoms with Crippen LogP contribution in [0.15, 0.2) is 60.9 Å². The Labute approximate surface area is 197 Å². The first-order valence-corrected chi connectivity index (χ1v) is 12.1. The third kappa shape index (κ3) is 8.01. The molecule has 0 N–H and O–H groups in total. The van der Waals surface area contributed by atoms with Crippen LogP contribution in [-0.4, -0.2) is 22.5 Å². The van der Waals surface area contributed by atoms with Crippen molar-refractivity contribution in [3.05, 3.63) is 72.2 Å². The van der Waals surface area contributed by atoms with E-state index in [1.807, 2.05) is 48.5 Å². The summed E-state index contributed by atoms with van der Waals surface area (Å²) in [4.78, 5) is 21.1. The molecule has 0 amide bonds. The van der Waals surface area contributed by atoms with Crippen molar-refractivity contribution in [3.63, 3.8) is 0 Å². The minimum atomic E-state index is -0.513. The van der Waals surface area contributed by atoms with E-state index in [9.17, 15) is 4.79 Å². The van der Waals surface area contributed by atoms with Crippen LogP contribution >= 0.6 is 0 Å². The summed E-state index contributed by atoms with van der Waals surface area (Å²) in [6, 6.07) is 15.4. The fourth-order valence-electron chi connectivity index (χ4n) is 3.49. The molecule has 1 aromatic heterocycles. The molecule has 33 heavy (non-hydrogen) atoms. The molecule has 0 fully saturated rings. The number of carbonyl (C=O) groups excluding carboxylic acids is 1. The first-order chi connectivity index (χ1) is 16.2. The minimum Gasteiger partial charge on any atom is -0.494 e. The topological polar surface area (TPSA) is 61.3 Å². The zero-order valence-corrected chi connectivity index (χ0v) is 19.8. The summed E-state index contributed by atoms with van der Waals surface area (Å²) in [5.41, 5.74) is 3.04. The molecule has 0 saturated heterocycles. The SMILES string of the molecule is CCCCCCc1ccc(OC(=O)c2cnc(-c3ccc(OCCCCC)cc3)cn2)cc1. The molecule has 3 rings (SSSR count). The first kappa shape index (κ1) is 24.4. The van der Waals surface area contributed by atoms with E-state index in [2.05, 4.69) is 23.8 Å². The molecule has 0 unspecified atom stereocenters. The van der Waals surface area contributed by atoms with Crippen LogP contribution < -0.4 is 9.47 Å². The third-order valence-electron chi connectivity index (χ3n) is 5.48. The molecule has 0 spiro atoms. The van der Waals surface area contributed by atoms with Gasteiger partial charge in [0.1, 0.15) is 11.5 Å². The van der Waals surface area contributed by atoms with Crippen molar-refractivity contribution >= 4 is 5.97 Å². The summed E-state index contributed by atoms with van der Waals surface area (Å²) in [5, 5.41) is 0. The lowest BCUT2D eigenvalue weighted by Crippen LogP contribution is -2.11. The van der Waals surface area contributed by atoms with Gasteiger partial charge in [0.15, 0.2) is 5.69 Å². The van der Waals surface area contributed by atoms with E-state index in [0.717, 1.165) is 30.8 Å². The first-order valence-electron chi connectivity index (χ1n) is 12.1. The summed E-state index contributed by atoms with van der Waals surface area (Å²) >= 11 is 0. The molecule has 0 radical (unpaired) electrons. The average molecular weight is 447 g/mol. The Morgan fingerprint density at radius 2 is 1.45 bits per heavy atom. The largest absolute Gasteiger partial charge is 0.494 e. The molecular formula is C28H34N2O3. The van der Waals surface area contributed by atoms with Crippen LogP contribution in [0.5, 0.6) is 11.5 Å². The molecule has 0 bridgehead atoms. The molecule has 0 atom stereocenters. The van der Waals surface area contributed by atoms with Crippen molar-refractivity contribution in [1.29, 1.82) is 0 Å². The van der Waals surface area contributed by atoms with Gasteiger partial charge in [-0.3, -0.25) is 4.98 Å². The molecule has 0 aliphatic rings. The Kier molecular flexibility index (Phi) is 9.89. The van der Waals surface area contributed by atoms with Crippen molar-refractivity contribution < 1.29 is 14.3 Å². The van der Waals surface area contributed by atoms with Crippen molar-refractivity contribution in [2.45, 2.75) is 65.2 Å². The summed E-state index contributed by atoms with van der Waals surface area (Å²) in [6.07, 6.45) is 12.4. The summed E-state index contributed by atoms with van der Waals surface area (Å²) in [7, 11) is 0. The van der Waals surface area contributed by atoms with E-state index in [1.54, 1.807) is 6.20 Å². The van der Waals surface area contributed by atoms with Crippen LogP contribution in [0.1, 0.15) is 74.8 Å². The Morgan fingerprint density at radius 3 is 2.12 bits per heavy atom. The lowest BCUT2D eigenvalue weighted by molar-refractivity contribution is 0.0728. The maximum atomic E-state index is 12.4. The van der Waals surface area contributed by atoms with Gasteiger partial charge in [-0.25, -0.2) is 9.78 Å². The predicted octanol–water partition coefficient (Wildman–Crippen LogP) is 7.05. The lowest BCUT2D eigenvalue weighted by atomic mass is 10.1. The molecule has 0 saturated carbocycles. The minimum absolute atomic E-state index is 0.179. The van der Waals surface area contributed by atoms with Gasteiger partial charge in [-0.05, 0) is 61.2 Å². The standard InChI is InChI=1S/C28H34N2O3/c1-3-5-7-8-10-22-11-15-25(16-12-22)33-28(31)27-21-29-26(20-30-27)23-13-17-24(18-14-23)32-19-9-6-4-2/h11-18,20-21H,3-10,19H2,1-2H3. The molecule has 0 aliphatic carbocycles. The molecule has 5 heteroatoms. The molecule has 5 nitrogen and oxygen atoms in total. The Morgan fingerprint density at radius 1 is 0.758 bits per heavy atom. The average Bonchev–Trinajstić information content (AvgIpc) is 2.86. The maximum absolute atomic E-state index is 12.4. The van der Waals surface area contributed by atoms with Gasteiger partial charge < -0.3 is 9.47 Å². The second kappa shape index (κ2) is 13.4. The van der Waals surface area contributed by atoms with Crippen molar-refractivity contribution in [2.75, 3.05) is 6.61 Å². The van der Waals surface area contributed by atoms with Gasteiger partial charge in [0.25, 0.3) is 0 Å². The Hall–Kier alpha value is -3.21. The van der Waals surface area contributed by atoms with Crippen LogP contribution in [0.3, 0.4) is 0 Å². The monoisotopic (exact) mass is 446 g/mol. The number of aromatic nitrogens is 2. The molecule has 0 aliphatic heterocycles. The number of esters is 1.